The Morgan fingerprint density at radius 3 is 2.61 bits per heavy atom. The third-order valence-corrected chi connectivity index (χ3v) is 4.39. The molecular weight excluding hydrogens is 445 g/mol. The number of hydrazone groups is 1. The van der Waals surface area contributed by atoms with E-state index in [4.69, 9.17) is 10.6 Å². The maximum atomic E-state index is 12.3. The van der Waals surface area contributed by atoms with E-state index >= 15 is 0 Å². The van der Waals surface area contributed by atoms with Gasteiger partial charge in [0, 0.05) is 39.5 Å². The number of amidine groups is 1. The summed E-state index contributed by atoms with van der Waals surface area (Å²) in [4.78, 5) is 24.7. The summed E-state index contributed by atoms with van der Waals surface area (Å²) in [7, 11) is 3.28. The van der Waals surface area contributed by atoms with E-state index in [1.54, 1.807) is 31.4 Å². The fraction of sp³-hybridized carbons (Fsp3) is 0.421. The Kier molecular flexibility index (Phi) is 9.15. The first-order valence-electron chi connectivity index (χ1n) is 9.80. The second kappa shape index (κ2) is 11.8. The molecule has 0 aromatic carbocycles. The summed E-state index contributed by atoms with van der Waals surface area (Å²) >= 11 is 0. The molecule has 33 heavy (non-hydrogen) atoms. The lowest BCUT2D eigenvalue weighted by Crippen LogP contribution is -2.32. The number of carbonyl (C=O) groups excluding carboxylic acids is 1. The Morgan fingerprint density at radius 2 is 2.06 bits per heavy atom. The normalized spacial score (nSPS) is 14.3. The van der Waals surface area contributed by atoms with Gasteiger partial charge in [0.15, 0.2) is 11.5 Å². The van der Waals surface area contributed by atoms with E-state index in [1.807, 2.05) is 6.20 Å². The molecule has 11 nitrogen and oxygen atoms in total. The summed E-state index contributed by atoms with van der Waals surface area (Å²) < 4.78 is 41.7. The third kappa shape index (κ3) is 8.07. The SMILES string of the molecule is COCc1cc(C(=O)NC(/C=C/N2CCCC2)=N/N)n(C)n1.O=c1ccc(C(F)(F)F)n[nH]1. The number of H-pyrrole nitrogens is 1. The van der Waals surface area contributed by atoms with Crippen LogP contribution in [-0.4, -0.2) is 56.8 Å². The highest BCUT2D eigenvalue weighted by Gasteiger charge is 2.32. The summed E-state index contributed by atoms with van der Waals surface area (Å²) in [5, 5.41) is 14.9. The molecule has 0 saturated carbocycles. The van der Waals surface area contributed by atoms with E-state index in [9.17, 15) is 22.8 Å². The van der Waals surface area contributed by atoms with Gasteiger partial charge in [-0.05, 0) is 31.1 Å². The molecule has 1 amide bonds. The second-order valence-electron chi connectivity index (χ2n) is 6.91. The van der Waals surface area contributed by atoms with Gasteiger partial charge in [0.2, 0.25) is 0 Å². The smallest absolute Gasteiger partial charge is 0.378 e. The molecule has 0 unspecified atom stereocenters. The number of rotatable bonds is 5. The van der Waals surface area contributed by atoms with Gasteiger partial charge in [-0.3, -0.25) is 14.3 Å². The van der Waals surface area contributed by atoms with Crippen LogP contribution in [0.1, 0.15) is 34.7 Å². The minimum Gasteiger partial charge on any atom is -0.378 e. The van der Waals surface area contributed by atoms with Crippen molar-refractivity contribution in [3.63, 3.8) is 0 Å². The van der Waals surface area contributed by atoms with Crippen LogP contribution in [0.5, 0.6) is 0 Å². The van der Waals surface area contributed by atoms with E-state index in [2.05, 4.69) is 25.5 Å². The monoisotopic (exact) mass is 470 g/mol. The number of nitrogens with one attached hydrogen (secondary N) is 2. The molecule has 3 rings (SSSR count). The number of amides is 1. The Hall–Kier alpha value is -3.68. The van der Waals surface area contributed by atoms with Gasteiger partial charge in [0.25, 0.3) is 11.5 Å². The Labute approximate surface area is 187 Å². The maximum Gasteiger partial charge on any atom is 0.435 e. The molecule has 2 aromatic heterocycles. The van der Waals surface area contributed by atoms with Gasteiger partial charge < -0.3 is 20.8 Å². The van der Waals surface area contributed by atoms with E-state index in [0.717, 1.165) is 19.2 Å². The average molecular weight is 470 g/mol. The highest BCUT2D eigenvalue weighted by atomic mass is 19.4. The van der Waals surface area contributed by atoms with Crippen molar-refractivity contribution in [2.24, 2.45) is 18.0 Å². The van der Waals surface area contributed by atoms with Gasteiger partial charge in [-0.25, -0.2) is 5.10 Å². The van der Waals surface area contributed by atoms with Gasteiger partial charge in [-0.1, -0.05) is 0 Å². The lowest BCUT2D eigenvalue weighted by Gasteiger charge is -2.10. The van der Waals surface area contributed by atoms with Gasteiger partial charge in [0.05, 0.1) is 12.3 Å². The number of ether oxygens (including phenoxy) is 1. The molecule has 3 heterocycles. The predicted molar refractivity (Wildman–Crippen MR) is 113 cm³/mol. The molecule has 4 N–H and O–H groups in total. The molecular formula is C19H25F3N8O3. The molecule has 180 valence electrons. The minimum absolute atomic E-state index is 0.311. The number of aromatic nitrogens is 4. The number of nitrogens with two attached hydrogens (primary N) is 1. The van der Waals surface area contributed by atoms with Crippen molar-refractivity contribution in [3.05, 3.63) is 57.9 Å². The van der Waals surface area contributed by atoms with Gasteiger partial charge in [-0.2, -0.15) is 28.5 Å². The summed E-state index contributed by atoms with van der Waals surface area (Å²) in [6.07, 6.45) is 1.48. The molecule has 14 heteroatoms. The first kappa shape index (κ1) is 25.6. The molecule has 1 aliphatic heterocycles. The van der Waals surface area contributed by atoms with E-state index in [0.29, 0.717) is 29.9 Å². The van der Waals surface area contributed by atoms with Crippen molar-refractivity contribution >= 4 is 11.7 Å². The summed E-state index contributed by atoms with van der Waals surface area (Å²) in [5.41, 5.74) is -0.646. The zero-order chi connectivity index (χ0) is 24.4. The number of hydrogen-bond acceptors (Lipinski definition) is 8. The minimum atomic E-state index is -4.50. The van der Waals surface area contributed by atoms with Crippen LogP contribution in [0.3, 0.4) is 0 Å². The molecule has 0 aliphatic carbocycles. The number of nitrogens with zero attached hydrogens (tertiary/aromatic N) is 5. The second-order valence-corrected chi connectivity index (χ2v) is 6.91. The number of methoxy groups -OCH3 is 1. The number of alkyl halides is 3. The predicted octanol–water partition coefficient (Wildman–Crippen LogP) is 0.967. The molecule has 0 radical (unpaired) electrons. The first-order valence-corrected chi connectivity index (χ1v) is 9.80. The van der Waals surface area contributed by atoms with Crippen LogP contribution in [-0.2, 0) is 24.6 Å². The number of halogens is 3. The fourth-order valence-electron chi connectivity index (χ4n) is 2.82. The van der Waals surface area contributed by atoms with Crippen LogP contribution >= 0.6 is 0 Å². The van der Waals surface area contributed by atoms with Gasteiger partial charge in [-0.15, -0.1) is 0 Å². The van der Waals surface area contributed by atoms with Crippen LogP contribution in [0.25, 0.3) is 0 Å². The van der Waals surface area contributed by atoms with Crippen LogP contribution < -0.4 is 16.7 Å². The molecule has 1 fully saturated rings. The Balaban J connectivity index is 0.000000294. The van der Waals surface area contributed by atoms with Gasteiger partial charge in [0.1, 0.15) is 5.69 Å². The highest BCUT2D eigenvalue weighted by Crippen LogP contribution is 2.25. The number of likely N-dealkylation sites (tertiary alicyclic amines) is 1. The van der Waals surface area contributed by atoms with Crippen LogP contribution in [0.15, 0.2) is 40.4 Å². The Bertz CT molecular complexity index is 1020. The number of aromatic amines is 1. The quantitative estimate of drug-likeness (QED) is 0.256. The zero-order valence-electron chi connectivity index (χ0n) is 18.1. The first-order chi connectivity index (χ1) is 15.6. The van der Waals surface area contributed by atoms with Crippen LogP contribution in [0, 0.1) is 0 Å². The molecule has 0 atom stereocenters. The Morgan fingerprint density at radius 1 is 1.36 bits per heavy atom. The number of hydrogen-bond donors (Lipinski definition) is 3. The lowest BCUT2D eigenvalue weighted by atomic mass is 10.3. The molecule has 0 bridgehead atoms. The summed E-state index contributed by atoms with van der Waals surface area (Å²) in [6.45, 7) is 2.39. The van der Waals surface area contributed by atoms with Crippen LogP contribution in [0.2, 0.25) is 0 Å². The van der Waals surface area contributed by atoms with Crippen molar-refractivity contribution in [2.75, 3.05) is 20.2 Å². The van der Waals surface area contributed by atoms with Gasteiger partial charge >= 0.3 is 6.18 Å². The lowest BCUT2D eigenvalue weighted by molar-refractivity contribution is -0.141. The molecule has 2 aromatic rings. The molecule has 0 spiro atoms. The average Bonchev–Trinajstić information content (AvgIpc) is 3.41. The standard InChI is InChI=1S/C14H22N6O2.C5H3F3N2O/c1-19-12(9-11(18-19)10-22-2)14(21)16-13(17-15)5-8-20-6-3-4-7-20;6-5(7,8)3-1-2-4(11)10-9-3/h5,8-9H,3-4,6-7,10,15H2,1-2H3,(H,16,17,21);1-2H,(H,10,11)/b8-5+;. The maximum absolute atomic E-state index is 12.3. The molecule has 1 saturated heterocycles. The van der Waals surface area contributed by atoms with E-state index < -0.39 is 17.4 Å². The number of carbonyl (C=O) groups is 1. The van der Waals surface area contributed by atoms with Crippen molar-refractivity contribution in [2.45, 2.75) is 25.6 Å². The third-order valence-electron chi connectivity index (χ3n) is 4.39. The van der Waals surface area contributed by atoms with Crippen LogP contribution in [0.4, 0.5) is 13.2 Å². The van der Waals surface area contributed by atoms with Crippen molar-refractivity contribution in [1.82, 2.24) is 30.2 Å². The molecule has 1 aliphatic rings. The number of aryl methyl sites for hydroxylation is 1. The zero-order valence-corrected chi connectivity index (χ0v) is 18.1. The van der Waals surface area contributed by atoms with E-state index in [-0.39, 0.29) is 5.91 Å². The van der Waals surface area contributed by atoms with E-state index in [1.165, 1.54) is 17.5 Å². The summed E-state index contributed by atoms with van der Waals surface area (Å²) in [5.74, 6) is 5.33. The van der Waals surface area contributed by atoms with Crippen molar-refractivity contribution < 1.29 is 22.7 Å². The summed E-state index contributed by atoms with van der Waals surface area (Å²) in [6, 6.07) is 3.08. The fourth-order valence-corrected chi connectivity index (χ4v) is 2.82. The topological polar surface area (TPSA) is 144 Å². The van der Waals surface area contributed by atoms with Crippen molar-refractivity contribution in [1.29, 1.82) is 0 Å². The largest absolute Gasteiger partial charge is 0.435 e. The highest BCUT2D eigenvalue weighted by molar-refractivity contribution is 6.09. The van der Waals surface area contributed by atoms with Crippen molar-refractivity contribution in [3.8, 4) is 0 Å².